The predicted octanol–water partition coefficient (Wildman–Crippen LogP) is 13.8. The van der Waals surface area contributed by atoms with Crippen molar-refractivity contribution in [2.45, 2.75) is 26.7 Å². The zero-order valence-corrected chi connectivity index (χ0v) is 41.9. The Morgan fingerprint density at radius 1 is 0.357 bits per heavy atom. The Kier molecular flexibility index (Phi) is 11.0. The van der Waals surface area contributed by atoms with Gasteiger partial charge in [0.1, 0.15) is 46.0 Å². The second-order valence-electron chi connectivity index (χ2n) is 17.4. The standard InChI is InChI=1S/C56H50Cl2N4O8/c1-25-33-20-34-45(27-11-15-29(57)16-12-27)47-40(68-8)24-42(70-10)50(56(47)60-34)55-46(28-13-17-30(58)18-14-28)48-39(67-7)22-36(64-4)32(53(48)62-55)19-31-35(63-3)21-37(65-5)44-26(2)51(61-52(31)44)49-41(69-9)23-38(66-6)43(25)54(49)59-33/h11-18,21-24,59-62H,19-20H2,1-10H3. The molecule has 0 fully saturated rings. The molecule has 0 spiro atoms. The molecule has 0 saturated heterocycles. The lowest BCUT2D eigenvalue weighted by Gasteiger charge is -2.17. The highest BCUT2D eigenvalue weighted by molar-refractivity contribution is 6.31. The van der Waals surface area contributed by atoms with E-state index in [9.17, 15) is 0 Å². The Bertz CT molecular complexity index is 3750. The highest BCUT2D eigenvalue weighted by Crippen LogP contribution is 2.55. The molecule has 0 aliphatic carbocycles. The van der Waals surface area contributed by atoms with Gasteiger partial charge in [-0.25, -0.2) is 0 Å². The lowest BCUT2D eigenvalue weighted by Crippen LogP contribution is -2.01. The molecule has 10 aromatic rings. The second kappa shape index (κ2) is 17.1. The molecule has 6 aromatic carbocycles. The van der Waals surface area contributed by atoms with Gasteiger partial charge in [-0.15, -0.1) is 0 Å². The van der Waals surface area contributed by atoms with Gasteiger partial charge in [0.05, 0.1) is 112 Å². The maximum atomic E-state index is 6.61. The SMILES string of the molecule is COc1cc(OC)c2c(C)c3[nH]c2c1Cc1c(OC)cc(OC)c2c(-c4ccc(Cl)cc4)c([nH]c12)-c1c(OC)cc(OC)c2c(-c4ccc(Cl)cc4)c([nH]c12)Cc1[nH]c2c-3c(OC)cc(OC)c2c1C. The molecule has 1 aliphatic heterocycles. The summed E-state index contributed by atoms with van der Waals surface area (Å²) < 4.78 is 50.2. The molecule has 12 nitrogen and oxygen atoms in total. The summed E-state index contributed by atoms with van der Waals surface area (Å²) in [6.07, 6.45) is 0.784. The molecule has 0 unspecified atom stereocenters. The van der Waals surface area contributed by atoms with Crippen LogP contribution in [0.3, 0.4) is 0 Å². The number of methoxy groups -OCH3 is 8. The lowest BCUT2D eigenvalue weighted by atomic mass is 9.92. The van der Waals surface area contributed by atoms with Crippen molar-refractivity contribution in [3.8, 4) is 90.8 Å². The third-order valence-electron chi connectivity index (χ3n) is 14.1. The van der Waals surface area contributed by atoms with Crippen molar-refractivity contribution < 1.29 is 37.9 Å². The molecule has 1 aliphatic rings. The maximum absolute atomic E-state index is 6.61. The smallest absolute Gasteiger partial charge is 0.134 e. The molecule has 11 rings (SSSR count). The number of hydrogen-bond donors (Lipinski definition) is 4. The Hall–Kier alpha value is -7.54. The summed E-state index contributed by atoms with van der Waals surface area (Å²) in [5, 5.41) is 4.73. The van der Waals surface area contributed by atoms with Crippen LogP contribution in [-0.2, 0) is 12.8 Å². The first-order valence-electron chi connectivity index (χ1n) is 22.6. The van der Waals surface area contributed by atoms with Gasteiger partial charge in [0.15, 0.2) is 0 Å². The molecule has 14 heteroatoms. The number of aromatic amines is 4. The summed E-state index contributed by atoms with van der Waals surface area (Å²) in [4.78, 5) is 15.8. The fourth-order valence-corrected chi connectivity index (χ4v) is 11.2. The number of nitrogens with one attached hydrogen (secondary N) is 4. The molecule has 5 heterocycles. The van der Waals surface area contributed by atoms with Gasteiger partial charge in [-0.2, -0.15) is 0 Å². The number of halogens is 2. The molecule has 4 aromatic heterocycles. The van der Waals surface area contributed by atoms with E-state index in [1.807, 2.05) is 72.8 Å². The molecule has 0 radical (unpaired) electrons. The third-order valence-corrected chi connectivity index (χ3v) is 14.6. The van der Waals surface area contributed by atoms with Gasteiger partial charge in [0, 0.05) is 91.6 Å². The van der Waals surface area contributed by atoms with Crippen molar-refractivity contribution in [2.24, 2.45) is 0 Å². The van der Waals surface area contributed by atoms with E-state index in [4.69, 9.17) is 61.1 Å². The van der Waals surface area contributed by atoms with Crippen LogP contribution in [0.15, 0.2) is 72.8 Å². The first-order chi connectivity index (χ1) is 34.0. The first kappa shape index (κ1) is 44.9. The van der Waals surface area contributed by atoms with Gasteiger partial charge >= 0.3 is 0 Å². The van der Waals surface area contributed by atoms with E-state index in [1.54, 1.807) is 56.9 Å². The monoisotopic (exact) mass is 976 g/mol. The minimum absolute atomic E-state index is 0.343. The average Bonchev–Trinajstić information content (AvgIpc) is 4.14. The fraction of sp³-hybridized carbons (Fsp3) is 0.214. The van der Waals surface area contributed by atoms with Crippen molar-refractivity contribution in [1.29, 1.82) is 0 Å². The maximum Gasteiger partial charge on any atom is 0.134 e. The average molecular weight is 978 g/mol. The van der Waals surface area contributed by atoms with Gasteiger partial charge in [-0.05, 0) is 60.4 Å². The molecule has 8 bridgehead atoms. The third kappa shape index (κ3) is 6.56. The summed E-state index contributed by atoms with van der Waals surface area (Å²) in [7, 11) is 13.4. The Morgan fingerprint density at radius 3 is 1.26 bits per heavy atom. The van der Waals surface area contributed by atoms with Crippen LogP contribution in [0.1, 0.15) is 33.6 Å². The summed E-state index contributed by atoms with van der Waals surface area (Å²) in [5.74, 6) is 4.97. The van der Waals surface area contributed by atoms with Crippen LogP contribution in [0.5, 0.6) is 46.0 Å². The van der Waals surface area contributed by atoms with Gasteiger partial charge < -0.3 is 57.8 Å². The molecule has 356 valence electrons. The van der Waals surface area contributed by atoms with Crippen LogP contribution in [0.25, 0.3) is 88.4 Å². The number of ether oxygens (including phenoxy) is 8. The van der Waals surface area contributed by atoms with Gasteiger partial charge in [-0.1, -0.05) is 47.5 Å². The quantitative estimate of drug-likeness (QED) is 0.106. The fourth-order valence-electron chi connectivity index (χ4n) is 10.9. The van der Waals surface area contributed by atoms with E-state index >= 15 is 0 Å². The molecule has 0 atom stereocenters. The van der Waals surface area contributed by atoms with Crippen molar-refractivity contribution in [3.05, 3.63) is 116 Å². The van der Waals surface area contributed by atoms with E-state index in [0.29, 0.717) is 68.9 Å². The van der Waals surface area contributed by atoms with E-state index in [2.05, 4.69) is 33.8 Å². The van der Waals surface area contributed by atoms with Gasteiger partial charge in [-0.3, -0.25) is 0 Å². The second-order valence-corrected chi connectivity index (χ2v) is 18.3. The Morgan fingerprint density at radius 2 is 0.743 bits per heavy atom. The van der Waals surface area contributed by atoms with Crippen molar-refractivity contribution in [3.63, 3.8) is 0 Å². The molecular formula is C56H50Cl2N4O8. The zero-order valence-electron chi connectivity index (χ0n) is 40.4. The number of aromatic nitrogens is 4. The van der Waals surface area contributed by atoms with E-state index < -0.39 is 0 Å². The normalized spacial score (nSPS) is 12.2. The van der Waals surface area contributed by atoms with E-state index in [1.165, 1.54) is 0 Å². The number of H-pyrrole nitrogens is 4. The minimum Gasteiger partial charge on any atom is -0.496 e. The van der Waals surface area contributed by atoms with Crippen molar-refractivity contribution >= 4 is 66.8 Å². The Labute approximate surface area is 413 Å². The minimum atomic E-state index is 0.343. The van der Waals surface area contributed by atoms with E-state index in [-0.39, 0.29) is 0 Å². The van der Waals surface area contributed by atoms with Crippen molar-refractivity contribution in [2.75, 3.05) is 56.9 Å². The molecule has 70 heavy (non-hydrogen) atoms. The van der Waals surface area contributed by atoms with Gasteiger partial charge in [0.25, 0.3) is 0 Å². The molecule has 4 N–H and O–H groups in total. The summed E-state index contributed by atoms with van der Waals surface area (Å²) in [6.45, 7) is 4.23. The zero-order chi connectivity index (χ0) is 48.9. The highest BCUT2D eigenvalue weighted by atomic mass is 35.5. The number of fused-ring (bicyclic) bond motifs is 6. The van der Waals surface area contributed by atoms with Crippen LogP contribution in [0.2, 0.25) is 10.0 Å². The number of rotatable bonds is 10. The topological polar surface area (TPSA) is 137 Å². The molecule has 0 saturated carbocycles. The summed E-state index contributed by atoms with van der Waals surface area (Å²) in [6, 6.07) is 23.5. The van der Waals surface area contributed by atoms with Crippen LogP contribution in [0, 0.1) is 13.8 Å². The molecule has 0 amide bonds. The first-order valence-corrected chi connectivity index (χ1v) is 23.4. The van der Waals surface area contributed by atoms with Crippen LogP contribution in [0.4, 0.5) is 0 Å². The van der Waals surface area contributed by atoms with Crippen LogP contribution in [-0.4, -0.2) is 76.8 Å². The number of hydrogen-bond acceptors (Lipinski definition) is 8. The predicted molar refractivity (Wildman–Crippen MR) is 280 cm³/mol. The lowest BCUT2D eigenvalue weighted by molar-refractivity contribution is 0.392. The number of aryl methyl sites for hydroxylation is 2. The molecular weight excluding hydrogens is 928 g/mol. The van der Waals surface area contributed by atoms with Gasteiger partial charge in [0.2, 0.25) is 0 Å². The van der Waals surface area contributed by atoms with E-state index in [0.717, 1.165) is 122 Å². The van der Waals surface area contributed by atoms with Crippen molar-refractivity contribution in [1.82, 2.24) is 19.9 Å². The van der Waals surface area contributed by atoms with Crippen LogP contribution < -0.4 is 37.9 Å². The van der Waals surface area contributed by atoms with Crippen LogP contribution >= 0.6 is 23.2 Å². The number of benzene rings is 6. The summed E-state index contributed by atoms with van der Waals surface area (Å²) in [5.41, 5.74) is 15.7. The highest BCUT2D eigenvalue weighted by Gasteiger charge is 2.33. The largest absolute Gasteiger partial charge is 0.496 e. The Balaban J connectivity index is 1.39. The summed E-state index contributed by atoms with van der Waals surface area (Å²) >= 11 is 13.2.